The quantitative estimate of drug-likeness (QED) is 0.777. The largest absolute Gasteiger partial charge is 0.486 e. The van der Waals surface area contributed by atoms with Gasteiger partial charge >= 0.3 is 0 Å². The van der Waals surface area contributed by atoms with E-state index >= 15 is 0 Å². The van der Waals surface area contributed by atoms with Crippen molar-refractivity contribution in [1.82, 2.24) is 9.88 Å². The average molecular weight is 334 g/mol. The molecule has 1 atom stereocenters. The van der Waals surface area contributed by atoms with E-state index in [1.54, 1.807) is 0 Å². The van der Waals surface area contributed by atoms with Gasteiger partial charge in [-0.3, -0.25) is 4.90 Å². The lowest BCUT2D eigenvalue weighted by molar-refractivity contribution is 0.170. The SMILES string of the molecule is c1cc(CN2CCC[C@H]2c2ccc3c(c2)OCCO3)c2cc[nH]c2c1. The summed E-state index contributed by atoms with van der Waals surface area (Å²) in [7, 11) is 0. The van der Waals surface area contributed by atoms with E-state index in [0.717, 1.165) is 24.6 Å². The Labute approximate surface area is 147 Å². The lowest BCUT2D eigenvalue weighted by Crippen LogP contribution is -2.23. The summed E-state index contributed by atoms with van der Waals surface area (Å²) in [5.74, 6) is 1.76. The van der Waals surface area contributed by atoms with Gasteiger partial charge in [0.1, 0.15) is 13.2 Å². The summed E-state index contributed by atoms with van der Waals surface area (Å²) in [5.41, 5.74) is 3.94. The third-order valence-corrected chi connectivity index (χ3v) is 5.37. The maximum Gasteiger partial charge on any atom is 0.161 e. The summed E-state index contributed by atoms with van der Waals surface area (Å²) in [6, 6.07) is 15.6. The van der Waals surface area contributed by atoms with E-state index in [9.17, 15) is 0 Å². The number of hydrogen-bond donors (Lipinski definition) is 1. The molecule has 5 rings (SSSR count). The molecule has 0 bridgehead atoms. The van der Waals surface area contributed by atoms with Crippen molar-refractivity contribution in [3.8, 4) is 11.5 Å². The van der Waals surface area contributed by atoms with Crippen LogP contribution >= 0.6 is 0 Å². The van der Waals surface area contributed by atoms with E-state index in [1.165, 1.54) is 34.9 Å². The van der Waals surface area contributed by atoms with Crippen LogP contribution in [0.15, 0.2) is 48.7 Å². The van der Waals surface area contributed by atoms with Crippen LogP contribution in [0.4, 0.5) is 0 Å². The molecule has 1 saturated heterocycles. The maximum atomic E-state index is 5.78. The second-order valence-corrected chi connectivity index (χ2v) is 6.89. The molecule has 4 nitrogen and oxygen atoms in total. The number of nitrogens with zero attached hydrogens (tertiary/aromatic N) is 1. The Hall–Kier alpha value is -2.46. The predicted molar refractivity (Wildman–Crippen MR) is 98.1 cm³/mol. The van der Waals surface area contributed by atoms with Gasteiger partial charge in [0.25, 0.3) is 0 Å². The first-order valence-electron chi connectivity index (χ1n) is 9.07. The highest BCUT2D eigenvalue weighted by Gasteiger charge is 2.27. The van der Waals surface area contributed by atoms with Crippen LogP contribution in [0.3, 0.4) is 0 Å². The fraction of sp³-hybridized carbons (Fsp3) is 0.333. The summed E-state index contributed by atoms with van der Waals surface area (Å²) in [6.45, 7) is 3.40. The molecule has 4 heteroatoms. The van der Waals surface area contributed by atoms with Gasteiger partial charge in [0.05, 0.1) is 0 Å². The Morgan fingerprint density at radius 3 is 2.92 bits per heavy atom. The Kier molecular flexibility index (Phi) is 3.63. The number of nitrogens with one attached hydrogen (secondary N) is 1. The molecule has 3 aromatic rings. The molecule has 1 fully saturated rings. The van der Waals surface area contributed by atoms with Gasteiger partial charge in [-0.2, -0.15) is 0 Å². The van der Waals surface area contributed by atoms with Crippen LogP contribution in [0.2, 0.25) is 0 Å². The molecule has 2 aliphatic heterocycles. The molecule has 1 N–H and O–H groups in total. The maximum absolute atomic E-state index is 5.78. The molecule has 0 spiro atoms. The van der Waals surface area contributed by atoms with Gasteiger partial charge in [0.15, 0.2) is 11.5 Å². The molecule has 2 aromatic carbocycles. The number of H-pyrrole nitrogens is 1. The molecule has 128 valence electrons. The summed E-state index contributed by atoms with van der Waals surface area (Å²) in [5, 5.41) is 1.33. The standard InChI is InChI=1S/C21H22N2O2/c1-3-16(17-8-9-22-18(17)4-1)14-23-10-2-5-19(23)15-6-7-20-21(13-15)25-12-11-24-20/h1,3-4,6-9,13,19,22H,2,5,10-12,14H2/t19-/m0/s1. The Morgan fingerprint density at radius 1 is 1.04 bits per heavy atom. The van der Waals surface area contributed by atoms with Crippen LogP contribution in [0.1, 0.15) is 30.0 Å². The number of likely N-dealkylation sites (tertiary alicyclic amines) is 1. The molecule has 0 aliphatic carbocycles. The van der Waals surface area contributed by atoms with E-state index < -0.39 is 0 Å². The number of aromatic amines is 1. The Bertz CT molecular complexity index is 902. The van der Waals surface area contributed by atoms with Gasteiger partial charge < -0.3 is 14.5 Å². The monoisotopic (exact) mass is 334 g/mol. The predicted octanol–water partition coefficient (Wildman–Crippen LogP) is 4.28. The topological polar surface area (TPSA) is 37.5 Å². The molecule has 0 radical (unpaired) electrons. The second-order valence-electron chi connectivity index (χ2n) is 6.89. The van der Waals surface area contributed by atoms with Crippen molar-refractivity contribution < 1.29 is 9.47 Å². The number of rotatable bonds is 3. The summed E-state index contributed by atoms with van der Waals surface area (Å²) in [6.07, 6.45) is 4.46. The van der Waals surface area contributed by atoms with Gasteiger partial charge in [0.2, 0.25) is 0 Å². The molecule has 3 heterocycles. The van der Waals surface area contributed by atoms with E-state index in [2.05, 4.69) is 52.3 Å². The van der Waals surface area contributed by atoms with Crippen molar-refractivity contribution in [2.24, 2.45) is 0 Å². The van der Waals surface area contributed by atoms with Gasteiger partial charge in [-0.05, 0) is 54.8 Å². The molecule has 0 saturated carbocycles. The van der Waals surface area contributed by atoms with Crippen molar-refractivity contribution in [2.45, 2.75) is 25.4 Å². The number of hydrogen-bond acceptors (Lipinski definition) is 3. The van der Waals surface area contributed by atoms with Crippen molar-refractivity contribution in [2.75, 3.05) is 19.8 Å². The highest BCUT2D eigenvalue weighted by atomic mass is 16.6. The smallest absolute Gasteiger partial charge is 0.161 e. The average Bonchev–Trinajstić information content (AvgIpc) is 3.31. The first-order chi connectivity index (χ1) is 12.4. The zero-order chi connectivity index (χ0) is 16.6. The van der Waals surface area contributed by atoms with Gasteiger partial charge in [-0.1, -0.05) is 18.2 Å². The first-order valence-corrected chi connectivity index (χ1v) is 9.07. The molecule has 0 amide bonds. The summed E-state index contributed by atoms with van der Waals surface area (Å²) in [4.78, 5) is 5.90. The van der Waals surface area contributed by atoms with Crippen LogP contribution in [0.5, 0.6) is 11.5 Å². The number of benzene rings is 2. The van der Waals surface area contributed by atoms with Crippen LogP contribution in [0, 0.1) is 0 Å². The van der Waals surface area contributed by atoms with E-state index in [-0.39, 0.29) is 0 Å². The van der Waals surface area contributed by atoms with Crippen LogP contribution in [-0.2, 0) is 6.54 Å². The van der Waals surface area contributed by atoms with Crippen molar-refractivity contribution >= 4 is 10.9 Å². The lowest BCUT2D eigenvalue weighted by atomic mass is 10.0. The van der Waals surface area contributed by atoms with E-state index in [0.29, 0.717) is 19.3 Å². The molecular weight excluding hydrogens is 312 g/mol. The minimum Gasteiger partial charge on any atom is -0.486 e. The molecule has 0 unspecified atom stereocenters. The number of fused-ring (bicyclic) bond motifs is 2. The van der Waals surface area contributed by atoms with E-state index in [1.807, 2.05) is 6.20 Å². The van der Waals surface area contributed by atoms with Crippen LogP contribution < -0.4 is 9.47 Å². The van der Waals surface area contributed by atoms with Crippen LogP contribution in [0.25, 0.3) is 10.9 Å². The summed E-state index contributed by atoms with van der Waals surface area (Å²) >= 11 is 0. The fourth-order valence-electron chi connectivity index (χ4n) is 4.17. The Balaban J connectivity index is 1.43. The number of ether oxygens (including phenoxy) is 2. The molecular formula is C21H22N2O2. The summed E-state index contributed by atoms with van der Waals surface area (Å²) < 4.78 is 11.4. The van der Waals surface area contributed by atoms with Crippen molar-refractivity contribution in [3.63, 3.8) is 0 Å². The van der Waals surface area contributed by atoms with Crippen molar-refractivity contribution in [1.29, 1.82) is 0 Å². The Morgan fingerprint density at radius 2 is 1.96 bits per heavy atom. The lowest BCUT2D eigenvalue weighted by Gasteiger charge is -2.27. The van der Waals surface area contributed by atoms with E-state index in [4.69, 9.17) is 9.47 Å². The minimum absolute atomic E-state index is 0.449. The van der Waals surface area contributed by atoms with Crippen molar-refractivity contribution in [3.05, 3.63) is 59.8 Å². The van der Waals surface area contributed by atoms with Crippen LogP contribution in [-0.4, -0.2) is 29.6 Å². The van der Waals surface area contributed by atoms with Gasteiger partial charge in [-0.25, -0.2) is 0 Å². The highest BCUT2D eigenvalue weighted by Crippen LogP contribution is 2.39. The molecule has 25 heavy (non-hydrogen) atoms. The minimum atomic E-state index is 0.449. The number of aromatic nitrogens is 1. The fourth-order valence-corrected chi connectivity index (χ4v) is 4.17. The molecule has 2 aliphatic rings. The highest BCUT2D eigenvalue weighted by molar-refractivity contribution is 5.82. The third kappa shape index (κ3) is 2.67. The van der Waals surface area contributed by atoms with Gasteiger partial charge in [0, 0.05) is 29.7 Å². The zero-order valence-electron chi connectivity index (χ0n) is 14.2. The zero-order valence-corrected chi connectivity index (χ0v) is 14.2. The van der Waals surface area contributed by atoms with Gasteiger partial charge in [-0.15, -0.1) is 0 Å². The second kappa shape index (κ2) is 6.12. The third-order valence-electron chi connectivity index (χ3n) is 5.37. The molecule has 1 aromatic heterocycles. The normalized spacial score (nSPS) is 20.2. The first kappa shape index (κ1) is 14.8.